The second-order valence-electron chi connectivity index (χ2n) is 5.03. The van der Waals surface area contributed by atoms with Gasteiger partial charge in [0.05, 0.1) is 5.02 Å². The van der Waals surface area contributed by atoms with Crippen molar-refractivity contribution in [2.24, 2.45) is 5.73 Å². The number of nitrogens with two attached hydrogens (primary N) is 1. The number of carboxylic acids is 1. The number of hydrogen-bond acceptors (Lipinski definition) is 3. The molecule has 0 saturated heterocycles. The summed E-state index contributed by atoms with van der Waals surface area (Å²) in [4.78, 5) is 10.9. The van der Waals surface area contributed by atoms with Crippen LogP contribution in [0.15, 0.2) is 6.07 Å². The fourth-order valence-electron chi connectivity index (χ4n) is 2.64. The van der Waals surface area contributed by atoms with Gasteiger partial charge < -0.3 is 15.9 Å². The maximum Gasteiger partial charge on any atom is 0.320 e. The number of fused-ring (bicyclic) bond motifs is 1. The lowest BCUT2D eigenvalue weighted by Crippen LogP contribution is -2.32. The minimum absolute atomic E-state index is 0.0148. The van der Waals surface area contributed by atoms with Crippen molar-refractivity contribution in [2.75, 3.05) is 0 Å². The Morgan fingerprint density at radius 3 is 2.74 bits per heavy atom. The predicted octanol–water partition coefficient (Wildman–Crippen LogP) is 2.27. The number of carbonyl (C=O) groups is 1. The molecule has 0 aliphatic heterocycles. The number of carboxylic acid groups (broad SMARTS) is 1. The molecule has 0 radical (unpaired) electrons. The molecule has 5 heteroatoms. The van der Waals surface area contributed by atoms with E-state index in [1.165, 1.54) is 0 Å². The molecular weight excluding hydrogens is 266 g/mol. The standard InChI is InChI=1S/C14H18ClNO3/c15-11-6-8-4-2-1-3-5-9(8)10(13(11)17)7-12(16)14(18)19/h6,12,17H,1-5,7,16H2,(H,18,19). The van der Waals surface area contributed by atoms with Crippen molar-refractivity contribution in [3.05, 3.63) is 27.8 Å². The molecule has 0 heterocycles. The van der Waals surface area contributed by atoms with Crippen molar-refractivity contribution >= 4 is 17.6 Å². The first-order valence-corrected chi connectivity index (χ1v) is 6.89. The van der Waals surface area contributed by atoms with Crippen molar-refractivity contribution in [2.45, 2.75) is 44.6 Å². The summed E-state index contributed by atoms with van der Waals surface area (Å²) in [6, 6.07) is 0.782. The van der Waals surface area contributed by atoms with Gasteiger partial charge in [-0.15, -0.1) is 0 Å². The maximum atomic E-state index is 10.9. The molecule has 19 heavy (non-hydrogen) atoms. The Labute approximate surface area is 117 Å². The van der Waals surface area contributed by atoms with Gasteiger partial charge in [-0.05, 0) is 42.9 Å². The van der Waals surface area contributed by atoms with E-state index in [2.05, 4.69) is 0 Å². The van der Waals surface area contributed by atoms with Gasteiger partial charge in [-0.1, -0.05) is 18.0 Å². The van der Waals surface area contributed by atoms with Crippen molar-refractivity contribution < 1.29 is 15.0 Å². The van der Waals surface area contributed by atoms with Gasteiger partial charge >= 0.3 is 5.97 Å². The van der Waals surface area contributed by atoms with Crippen molar-refractivity contribution in [1.82, 2.24) is 0 Å². The molecule has 0 spiro atoms. The van der Waals surface area contributed by atoms with Crippen LogP contribution < -0.4 is 5.73 Å². The van der Waals surface area contributed by atoms with E-state index < -0.39 is 12.0 Å². The molecule has 0 saturated carbocycles. The van der Waals surface area contributed by atoms with E-state index in [-0.39, 0.29) is 17.2 Å². The number of aliphatic carboxylic acids is 1. The minimum atomic E-state index is -1.07. The zero-order chi connectivity index (χ0) is 14.0. The number of benzene rings is 1. The first-order valence-electron chi connectivity index (χ1n) is 6.51. The molecule has 1 aromatic carbocycles. The number of aryl methyl sites for hydroxylation is 1. The fourth-order valence-corrected chi connectivity index (χ4v) is 2.89. The van der Waals surface area contributed by atoms with E-state index in [0.29, 0.717) is 5.56 Å². The van der Waals surface area contributed by atoms with Crippen LogP contribution in [-0.4, -0.2) is 22.2 Å². The van der Waals surface area contributed by atoms with Crippen LogP contribution in [0, 0.1) is 0 Å². The van der Waals surface area contributed by atoms with Crippen LogP contribution >= 0.6 is 11.6 Å². The van der Waals surface area contributed by atoms with E-state index in [1.54, 1.807) is 6.07 Å². The SMILES string of the molecule is NC(Cc1c(O)c(Cl)cc2c1CCCCC2)C(=O)O. The lowest BCUT2D eigenvalue weighted by atomic mass is 9.92. The summed E-state index contributed by atoms with van der Waals surface area (Å²) < 4.78 is 0. The lowest BCUT2D eigenvalue weighted by Gasteiger charge is -2.17. The van der Waals surface area contributed by atoms with Gasteiger partial charge in [-0.25, -0.2) is 0 Å². The predicted molar refractivity (Wildman–Crippen MR) is 73.7 cm³/mol. The van der Waals surface area contributed by atoms with Gasteiger partial charge in [0, 0.05) is 12.0 Å². The molecule has 0 fully saturated rings. The second-order valence-corrected chi connectivity index (χ2v) is 5.44. The quantitative estimate of drug-likeness (QED) is 0.743. The van der Waals surface area contributed by atoms with Crippen LogP contribution in [0.4, 0.5) is 0 Å². The summed E-state index contributed by atoms with van der Waals surface area (Å²) in [6.45, 7) is 0. The molecule has 4 N–H and O–H groups in total. The van der Waals surface area contributed by atoms with Crippen LogP contribution in [-0.2, 0) is 24.1 Å². The number of halogens is 1. The second kappa shape index (κ2) is 5.80. The van der Waals surface area contributed by atoms with Crippen LogP contribution in [0.3, 0.4) is 0 Å². The van der Waals surface area contributed by atoms with Crippen LogP contribution in [0.5, 0.6) is 5.75 Å². The summed E-state index contributed by atoms with van der Waals surface area (Å²) >= 11 is 6.03. The van der Waals surface area contributed by atoms with Gasteiger partial charge in [0.1, 0.15) is 11.8 Å². The fraction of sp³-hybridized carbons (Fsp3) is 0.500. The Hall–Kier alpha value is -1.26. The zero-order valence-corrected chi connectivity index (χ0v) is 11.4. The van der Waals surface area contributed by atoms with Gasteiger partial charge in [-0.3, -0.25) is 4.79 Å². The third-order valence-corrected chi connectivity index (χ3v) is 3.97. The molecule has 104 valence electrons. The van der Waals surface area contributed by atoms with E-state index in [1.807, 2.05) is 0 Å². The summed E-state index contributed by atoms with van der Waals surface area (Å²) in [5, 5.41) is 19.3. The highest BCUT2D eigenvalue weighted by Crippen LogP contribution is 2.36. The van der Waals surface area contributed by atoms with Crippen molar-refractivity contribution in [3.8, 4) is 5.75 Å². The smallest absolute Gasteiger partial charge is 0.320 e. The highest BCUT2D eigenvalue weighted by Gasteiger charge is 2.22. The number of phenolic OH excluding ortho intramolecular Hbond substituents is 1. The Morgan fingerprint density at radius 2 is 2.05 bits per heavy atom. The molecule has 0 amide bonds. The zero-order valence-electron chi connectivity index (χ0n) is 10.7. The molecule has 1 aromatic rings. The summed E-state index contributed by atoms with van der Waals surface area (Å²) in [5.41, 5.74) is 8.35. The van der Waals surface area contributed by atoms with Crippen LogP contribution in [0.2, 0.25) is 5.02 Å². The highest BCUT2D eigenvalue weighted by atomic mass is 35.5. The number of aromatic hydroxyl groups is 1. The Morgan fingerprint density at radius 1 is 1.37 bits per heavy atom. The maximum absolute atomic E-state index is 10.9. The third kappa shape index (κ3) is 3.01. The normalized spacial score (nSPS) is 16.5. The molecule has 1 aliphatic rings. The lowest BCUT2D eigenvalue weighted by molar-refractivity contribution is -0.138. The number of hydrogen-bond donors (Lipinski definition) is 3. The Balaban J connectivity index is 2.45. The molecule has 1 atom stereocenters. The minimum Gasteiger partial charge on any atom is -0.506 e. The van der Waals surface area contributed by atoms with Gasteiger partial charge in [0.15, 0.2) is 0 Å². The first-order chi connectivity index (χ1) is 9.00. The highest BCUT2D eigenvalue weighted by molar-refractivity contribution is 6.32. The Kier molecular flexibility index (Phi) is 4.32. The Bertz CT molecular complexity index is 502. The molecule has 0 aromatic heterocycles. The van der Waals surface area contributed by atoms with E-state index in [9.17, 15) is 9.90 Å². The van der Waals surface area contributed by atoms with Crippen LogP contribution in [0.25, 0.3) is 0 Å². The molecular formula is C14H18ClNO3. The molecule has 1 unspecified atom stereocenters. The van der Waals surface area contributed by atoms with Gasteiger partial charge in [0.25, 0.3) is 0 Å². The summed E-state index contributed by atoms with van der Waals surface area (Å²) in [6.07, 6.45) is 5.16. The van der Waals surface area contributed by atoms with Crippen LogP contribution in [0.1, 0.15) is 36.0 Å². The largest absolute Gasteiger partial charge is 0.506 e. The monoisotopic (exact) mass is 283 g/mol. The number of rotatable bonds is 3. The molecule has 2 rings (SSSR count). The molecule has 0 bridgehead atoms. The molecule has 4 nitrogen and oxygen atoms in total. The van der Waals surface area contributed by atoms with Gasteiger partial charge in [-0.2, -0.15) is 0 Å². The summed E-state index contributed by atoms with van der Waals surface area (Å²) in [5.74, 6) is -1.08. The van der Waals surface area contributed by atoms with E-state index in [4.69, 9.17) is 22.4 Å². The van der Waals surface area contributed by atoms with E-state index in [0.717, 1.165) is 43.2 Å². The third-order valence-electron chi connectivity index (χ3n) is 3.68. The average Bonchev–Trinajstić information content (AvgIpc) is 2.59. The molecule has 1 aliphatic carbocycles. The van der Waals surface area contributed by atoms with Crippen molar-refractivity contribution in [1.29, 1.82) is 0 Å². The summed E-state index contributed by atoms with van der Waals surface area (Å²) in [7, 11) is 0. The van der Waals surface area contributed by atoms with E-state index >= 15 is 0 Å². The number of phenols is 1. The van der Waals surface area contributed by atoms with Crippen molar-refractivity contribution in [3.63, 3.8) is 0 Å². The average molecular weight is 284 g/mol. The van der Waals surface area contributed by atoms with Gasteiger partial charge in [0.2, 0.25) is 0 Å². The topological polar surface area (TPSA) is 83.5 Å². The first kappa shape index (κ1) is 14.2.